The van der Waals surface area contributed by atoms with E-state index < -0.39 is 0 Å². The molecular formula is C17H24O2. The second-order valence-electron chi connectivity index (χ2n) is 5.75. The van der Waals surface area contributed by atoms with Crippen molar-refractivity contribution in [2.24, 2.45) is 5.92 Å². The van der Waals surface area contributed by atoms with Crippen LogP contribution in [0.2, 0.25) is 0 Å². The van der Waals surface area contributed by atoms with Gasteiger partial charge in [-0.1, -0.05) is 37.8 Å². The van der Waals surface area contributed by atoms with Gasteiger partial charge in [-0.15, -0.1) is 0 Å². The Morgan fingerprint density at radius 3 is 2.47 bits per heavy atom. The molecule has 0 unspecified atom stereocenters. The Morgan fingerprint density at radius 2 is 1.84 bits per heavy atom. The number of hydrogen-bond donors (Lipinski definition) is 0. The third kappa shape index (κ3) is 4.09. The molecule has 1 aromatic rings. The van der Waals surface area contributed by atoms with Crippen molar-refractivity contribution < 1.29 is 9.53 Å². The zero-order valence-corrected chi connectivity index (χ0v) is 12.0. The number of ketones is 1. The number of benzene rings is 1. The van der Waals surface area contributed by atoms with E-state index in [9.17, 15) is 4.79 Å². The predicted octanol–water partition coefficient (Wildman–Crippen LogP) is 4.63. The molecule has 19 heavy (non-hydrogen) atoms. The van der Waals surface area contributed by atoms with E-state index in [1.165, 1.54) is 25.7 Å². The summed E-state index contributed by atoms with van der Waals surface area (Å²) in [7, 11) is 0. The highest BCUT2D eigenvalue weighted by Crippen LogP contribution is 2.27. The second kappa shape index (κ2) is 6.74. The first-order chi connectivity index (χ1) is 9.16. The molecular weight excluding hydrogens is 236 g/mol. The Hall–Kier alpha value is -1.31. The second-order valence-corrected chi connectivity index (χ2v) is 5.75. The number of carbonyl (C=O) groups excluding carboxylic acids is 1. The molecule has 1 aliphatic carbocycles. The molecule has 0 aromatic heterocycles. The monoisotopic (exact) mass is 260 g/mol. The molecule has 0 heterocycles. The van der Waals surface area contributed by atoms with Gasteiger partial charge < -0.3 is 4.74 Å². The molecule has 1 aromatic carbocycles. The van der Waals surface area contributed by atoms with E-state index in [0.29, 0.717) is 5.78 Å². The zero-order valence-electron chi connectivity index (χ0n) is 12.0. The van der Waals surface area contributed by atoms with E-state index in [2.05, 4.69) is 0 Å². The van der Waals surface area contributed by atoms with E-state index >= 15 is 0 Å². The van der Waals surface area contributed by atoms with Gasteiger partial charge >= 0.3 is 0 Å². The molecule has 1 saturated carbocycles. The highest BCUT2D eigenvalue weighted by molar-refractivity contribution is 5.98. The van der Waals surface area contributed by atoms with Gasteiger partial charge in [0.1, 0.15) is 5.75 Å². The molecule has 104 valence electrons. The Labute approximate surface area is 116 Å². The lowest BCUT2D eigenvalue weighted by molar-refractivity contribution is 0.0907. The molecule has 0 atom stereocenters. The summed E-state index contributed by atoms with van der Waals surface area (Å²) < 4.78 is 5.66. The summed E-state index contributed by atoms with van der Waals surface area (Å²) in [6.07, 6.45) is 7.18. The molecule has 1 aliphatic rings. The minimum Gasteiger partial charge on any atom is -0.491 e. The van der Waals surface area contributed by atoms with Crippen molar-refractivity contribution in [1.82, 2.24) is 0 Å². The lowest BCUT2D eigenvalue weighted by atomic mass is 9.91. The zero-order chi connectivity index (χ0) is 13.7. The maximum Gasteiger partial charge on any atom is 0.166 e. The lowest BCUT2D eigenvalue weighted by Gasteiger charge is -2.14. The van der Waals surface area contributed by atoms with Crippen LogP contribution in [-0.4, -0.2) is 11.9 Å². The van der Waals surface area contributed by atoms with E-state index in [1.54, 1.807) is 0 Å². The minimum absolute atomic E-state index is 0.142. The summed E-state index contributed by atoms with van der Waals surface area (Å²) in [5.74, 6) is 1.32. The Bertz CT molecular complexity index is 415. The number of rotatable bonds is 4. The number of carbonyl (C=O) groups is 1. The largest absolute Gasteiger partial charge is 0.491 e. The average molecular weight is 260 g/mol. The normalized spacial score (nSPS) is 17.2. The van der Waals surface area contributed by atoms with Crippen LogP contribution in [0.15, 0.2) is 24.3 Å². The van der Waals surface area contributed by atoms with Crippen molar-refractivity contribution in [3.63, 3.8) is 0 Å². The molecule has 2 rings (SSSR count). The summed E-state index contributed by atoms with van der Waals surface area (Å²) in [4.78, 5) is 12.5. The summed E-state index contributed by atoms with van der Waals surface area (Å²) in [5, 5.41) is 0. The summed E-state index contributed by atoms with van der Waals surface area (Å²) in [6, 6.07) is 7.65. The molecule has 0 spiro atoms. The van der Waals surface area contributed by atoms with Crippen LogP contribution in [0.5, 0.6) is 5.75 Å². The Balaban J connectivity index is 2.09. The Kier molecular flexibility index (Phi) is 5.00. The van der Waals surface area contributed by atoms with Gasteiger partial charge in [-0.25, -0.2) is 0 Å². The average Bonchev–Trinajstić information content (AvgIpc) is 2.66. The van der Waals surface area contributed by atoms with Crippen molar-refractivity contribution in [2.75, 3.05) is 0 Å². The van der Waals surface area contributed by atoms with Gasteiger partial charge in [-0.3, -0.25) is 4.79 Å². The van der Waals surface area contributed by atoms with Crippen molar-refractivity contribution >= 4 is 5.78 Å². The molecule has 0 aliphatic heterocycles. The van der Waals surface area contributed by atoms with Crippen molar-refractivity contribution in [3.8, 4) is 5.75 Å². The molecule has 2 heteroatoms. The summed E-state index contributed by atoms with van der Waals surface area (Å²) in [6.45, 7) is 4.00. The minimum atomic E-state index is 0.142. The first kappa shape index (κ1) is 14.1. The van der Waals surface area contributed by atoms with Gasteiger partial charge in [0.05, 0.1) is 6.10 Å². The maximum atomic E-state index is 12.5. The molecule has 0 saturated heterocycles. The van der Waals surface area contributed by atoms with E-state index in [1.807, 2.05) is 38.1 Å². The fourth-order valence-electron chi connectivity index (χ4n) is 2.77. The van der Waals surface area contributed by atoms with Crippen molar-refractivity contribution in [3.05, 3.63) is 29.8 Å². The molecule has 0 N–H and O–H groups in total. The van der Waals surface area contributed by atoms with Gasteiger partial charge in [0.15, 0.2) is 5.78 Å². The first-order valence-electron chi connectivity index (χ1n) is 7.48. The molecule has 2 nitrogen and oxygen atoms in total. The lowest BCUT2D eigenvalue weighted by Crippen LogP contribution is -2.14. The van der Waals surface area contributed by atoms with Crippen LogP contribution in [0.1, 0.15) is 62.7 Å². The van der Waals surface area contributed by atoms with Crippen LogP contribution < -0.4 is 4.74 Å². The van der Waals surface area contributed by atoms with Crippen LogP contribution in [-0.2, 0) is 0 Å². The van der Waals surface area contributed by atoms with Gasteiger partial charge in [-0.05, 0) is 38.8 Å². The van der Waals surface area contributed by atoms with Gasteiger partial charge in [-0.2, -0.15) is 0 Å². The first-order valence-corrected chi connectivity index (χ1v) is 7.48. The number of hydrogen-bond acceptors (Lipinski definition) is 2. The number of Topliss-reactive ketones (excluding diaryl/α,β-unsaturated/α-hetero) is 1. The van der Waals surface area contributed by atoms with E-state index in [-0.39, 0.29) is 12.0 Å². The molecule has 0 amide bonds. The summed E-state index contributed by atoms with van der Waals surface area (Å²) >= 11 is 0. The third-order valence-electron chi connectivity index (χ3n) is 3.72. The highest BCUT2D eigenvalue weighted by Gasteiger charge is 2.21. The van der Waals surface area contributed by atoms with E-state index in [4.69, 9.17) is 4.74 Å². The summed E-state index contributed by atoms with van der Waals surface area (Å²) in [5.41, 5.74) is 0.810. The van der Waals surface area contributed by atoms with Crippen LogP contribution in [0.3, 0.4) is 0 Å². The smallest absolute Gasteiger partial charge is 0.166 e. The topological polar surface area (TPSA) is 26.3 Å². The van der Waals surface area contributed by atoms with Crippen molar-refractivity contribution in [1.29, 1.82) is 0 Å². The van der Waals surface area contributed by atoms with E-state index in [0.717, 1.165) is 24.2 Å². The van der Waals surface area contributed by atoms with Crippen LogP contribution in [0.4, 0.5) is 0 Å². The quantitative estimate of drug-likeness (QED) is 0.583. The van der Waals surface area contributed by atoms with Gasteiger partial charge in [0, 0.05) is 11.5 Å². The third-order valence-corrected chi connectivity index (χ3v) is 3.72. The SMILES string of the molecule is CC(C)Oc1cccc(C(=O)C2CCCCCC2)c1. The van der Waals surface area contributed by atoms with Crippen LogP contribution in [0.25, 0.3) is 0 Å². The molecule has 0 bridgehead atoms. The number of ether oxygens (including phenoxy) is 1. The highest BCUT2D eigenvalue weighted by atomic mass is 16.5. The predicted molar refractivity (Wildman–Crippen MR) is 77.7 cm³/mol. The standard InChI is InChI=1S/C17H24O2/c1-13(2)19-16-11-7-10-15(12-16)17(18)14-8-5-3-4-6-9-14/h7,10-14H,3-6,8-9H2,1-2H3. The van der Waals surface area contributed by atoms with Crippen molar-refractivity contribution in [2.45, 2.75) is 58.5 Å². The van der Waals surface area contributed by atoms with Crippen LogP contribution in [0, 0.1) is 5.92 Å². The van der Waals surface area contributed by atoms with Crippen LogP contribution >= 0.6 is 0 Å². The maximum absolute atomic E-state index is 12.5. The molecule has 0 radical (unpaired) electrons. The van der Waals surface area contributed by atoms with Gasteiger partial charge in [0.2, 0.25) is 0 Å². The fraction of sp³-hybridized carbons (Fsp3) is 0.588. The van der Waals surface area contributed by atoms with Gasteiger partial charge in [0.25, 0.3) is 0 Å². The Morgan fingerprint density at radius 1 is 1.16 bits per heavy atom. The fourth-order valence-corrected chi connectivity index (χ4v) is 2.77. The molecule has 1 fully saturated rings.